The summed E-state index contributed by atoms with van der Waals surface area (Å²) in [5, 5.41) is 10.6. The standard InChI is InChI=1S/C16H18N4O2/c1-11-7-15(19-17-8-11)18-16(21)20-9-12(2)22-14-6-4-3-5-13(14)10-20/h3-8,12H,9-10H2,1-2H3,(H,18,19,21). The first-order valence-electron chi connectivity index (χ1n) is 7.21. The molecule has 1 aliphatic heterocycles. The van der Waals surface area contributed by atoms with Crippen LogP contribution in [0, 0.1) is 6.92 Å². The number of aryl methyl sites for hydroxylation is 1. The first-order chi connectivity index (χ1) is 10.6. The fourth-order valence-corrected chi connectivity index (χ4v) is 2.45. The van der Waals surface area contributed by atoms with Gasteiger partial charge in [-0.05, 0) is 31.5 Å². The molecule has 2 aromatic rings. The molecule has 0 fully saturated rings. The number of nitrogens with zero attached hydrogens (tertiary/aromatic N) is 3. The summed E-state index contributed by atoms with van der Waals surface area (Å²) in [6.45, 7) is 4.88. The highest BCUT2D eigenvalue weighted by atomic mass is 16.5. The molecule has 0 saturated carbocycles. The number of rotatable bonds is 1. The van der Waals surface area contributed by atoms with E-state index in [4.69, 9.17) is 4.74 Å². The lowest BCUT2D eigenvalue weighted by molar-refractivity contribution is 0.166. The minimum Gasteiger partial charge on any atom is -0.489 e. The zero-order valence-electron chi connectivity index (χ0n) is 12.6. The van der Waals surface area contributed by atoms with Gasteiger partial charge in [-0.15, -0.1) is 5.10 Å². The van der Waals surface area contributed by atoms with Crippen molar-refractivity contribution in [2.24, 2.45) is 0 Å². The van der Waals surface area contributed by atoms with Crippen molar-refractivity contribution < 1.29 is 9.53 Å². The number of carbonyl (C=O) groups excluding carboxylic acids is 1. The minimum absolute atomic E-state index is 0.0713. The fourth-order valence-electron chi connectivity index (χ4n) is 2.45. The largest absolute Gasteiger partial charge is 0.489 e. The van der Waals surface area contributed by atoms with Gasteiger partial charge in [-0.1, -0.05) is 18.2 Å². The second-order valence-corrected chi connectivity index (χ2v) is 5.47. The summed E-state index contributed by atoms with van der Waals surface area (Å²) in [6.07, 6.45) is 1.58. The Kier molecular flexibility index (Phi) is 3.91. The number of carbonyl (C=O) groups is 1. The van der Waals surface area contributed by atoms with E-state index >= 15 is 0 Å². The van der Waals surface area contributed by atoms with Gasteiger partial charge in [-0.3, -0.25) is 5.32 Å². The molecule has 1 unspecified atom stereocenters. The van der Waals surface area contributed by atoms with Gasteiger partial charge in [-0.25, -0.2) is 4.79 Å². The van der Waals surface area contributed by atoms with Crippen LogP contribution >= 0.6 is 0 Å². The van der Waals surface area contributed by atoms with Crippen LogP contribution in [0.3, 0.4) is 0 Å². The van der Waals surface area contributed by atoms with E-state index in [0.29, 0.717) is 18.9 Å². The quantitative estimate of drug-likeness (QED) is 0.878. The maximum atomic E-state index is 12.5. The van der Waals surface area contributed by atoms with Gasteiger partial charge in [0.15, 0.2) is 5.82 Å². The van der Waals surface area contributed by atoms with Gasteiger partial charge in [0, 0.05) is 5.56 Å². The summed E-state index contributed by atoms with van der Waals surface area (Å²) in [6, 6.07) is 9.37. The molecular formula is C16H18N4O2. The van der Waals surface area contributed by atoms with E-state index in [1.54, 1.807) is 17.2 Å². The molecule has 6 nitrogen and oxygen atoms in total. The Labute approximate surface area is 129 Å². The average Bonchev–Trinajstić information content (AvgIpc) is 2.65. The monoisotopic (exact) mass is 298 g/mol. The number of hydrogen-bond acceptors (Lipinski definition) is 4. The predicted octanol–water partition coefficient (Wildman–Crippen LogP) is 2.60. The Hall–Kier alpha value is -2.63. The number of hydrogen-bond donors (Lipinski definition) is 1. The molecule has 6 heteroatoms. The first-order valence-corrected chi connectivity index (χ1v) is 7.21. The van der Waals surface area contributed by atoms with Crippen molar-refractivity contribution in [3.63, 3.8) is 0 Å². The molecule has 22 heavy (non-hydrogen) atoms. The molecule has 0 radical (unpaired) electrons. The normalized spacial score (nSPS) is 17.2. The molecule has 1 N–H and O–H groups in total. The highest BCUT2D eigenvalue weighted by molar-refractivity contribution is 5.88. The Morgan fingerprint density at radius 2 is 2.23 bits per heavy atom. The number of benzene rings is 1. The third-order valence-corrected chi connectivity index (χ3v) is 3.45. The Balaban J connectivity index is 1.77. The van der Waals surface area contributed by atoms with Crippen LogP contribution in [0.25, 0.3) is 0 Å². The Morgan fingerprint density at radius 1 is 1.41 bits per heavy atom. The van der Waals surface area contributed by atoms with Crippen LogP contribution < -0.4 is 10.1 Å². The summed E-state index contributed by atoms with van der Waals surface area (Å²) in [4.78, 5) is 14.2. The number of urea groups is 1. The van der Waals surface area contributed by atoms with E-state index < -0.39 is 0 Å². The van der Waals surface area contributed by atoms with Gasteiger partial charge in [0.1, 0.15) is 11.9 Å². The predicted molar refractivity (Wildman–Crippen MR) is 82.7 cm³/mol. The fraction of sp³-hybridized carbons (Fsp3) is 0.312. The molecule has 0 aliphatic carbocycles. The van der Waals surface area contributed by atoms with Crippen molar-refractivity contribution in [2.75, 3.05) is 11.9 Å². The van der Waals surface area contributed by atoms with Crippen LogP contribution in [0.4, 0.5) is 10.6 Å². The summed E-state index contributed by atoms with van der Waals surface area (Å²) < 4.78 is 5.86. The maximum absolute atomic E-state index is 12.5. The summed E-state index contributed by atoms with van der Waals surface area (Å²) in [5.41, 5.74) is 1.94. The Bertz CT molecular complexity index is 689. The molecule has 0 bridgehead atoms. The van der Waals surface area contributed by atoms with Gasteiger partial charge in [-0.2, -0.15) is 5.10 Å². The van der Waals surface area contributed by atoms with Crippen molar-refractivity contribution in [3.8, 4) is 5.75 Å². The molecule has 1 aromatic carbocycles. The third-order valence-electron chi connectivity index (χ3n) is 3.45. The average molecular weight is 298 g/mol. The van der Waals surface area contributed by atoms with Crippen LogP contribution in [-0.2, 0) is 6.54 Å². The highest BCUT2D eigenvalue weighted by Crippen LogP contribution is 2.25. The minimum atomic E-state index is -0.202. The topological polar surface area (TPSA) is 67.4 Å². The molecule has 1 aliphatic rings. The number of para-hydroxylation sites is 1. The number of anilines is 1. The lowest BCUT2D eigenvalue weighted by Crippen LogP contribution is -2.39. The maximum Gasteiger partial charge on any atom is 0.323 e. The molecule has 114 valence electrons. The Morgan fingerprint density at radius 3 is 3.05 bits per heavy atom. The summed E-state index contributed by atoms with van der Waals surface area (Å²) in [5.74, 6) is 1.29. The molecule has 1 aromatic heterocycles. The number of amides is 2. The smallest absolute Gasteiger partial charge is 0.323 e. The van der Waals surface area contributed by atoms with E-state index in [1.165, 1.54) is 0 Å². The van der Waals surface area contributed by atoms with E-state index in [0.717, 1.165) is 16.9 Å². The van der Waals surface area contributed by atoms with Crippen molar-refractivity contribution in [1.82, 2.24) is 15.1 Å². The lowest BCUT2D eigenvalue weighted by Gasteiger charge is -2.22. The van der Waals surface area contributed by atoms with Crippen molar-refractivity contribution >= 4 is 11.8 Å². The number of fused-ring (bicyclic) bond motifs is 1. The lowest BCUT2D eigenvalue weighted by atomic mass is 10.2. The van der Waals surface area contributed by atoms with Crippen molar-refractivity contribution in [1.29, 1.82) is 0 Å². The van der Waals surface area contributed by atoms with E-state index in [-0.39, 0.29) is 12.1 Å². The summed E-state index contributed by atoms with van der Waals surface area (Å²) in [7, 11) is 0. The second-order valence-electron chi connectivity index (χ2n) is 5.47. The number of ether oxygens (including phenoxy) is 1. The van der Waals surface area contributed by atoms with E-state index in [9.17, 15) is 4.79 Å². The van der Waals surface area contributed by atoms with Crippen molar-refractivity contribution in [3.05, 3.63) is 47.7 Å². The van der Waals surface area contributed by atoms with Gasteiger partial charge in [0.05, 0.1) is 19.3 Å². The molecule has 2 amide bonds. The number of aromatic nitrogens is 2. The van der Waals surface area contributed by atoms with Gasteiger partial charge < -0.3 is 9.64 Å². The van der Waals surface area contributed by atoms with Crippen LogP contribution in [0.5, 0.6) is 5.75 Å². The molecule has 1 atom stereocenters. The van der Waals surface area contributed by atoms with Crippen LogP contribution in [0.15, 0.2) is 36.5 Å². The first kappa shape index (κ1) is 14.3. The SMILES string of the molecule is Cc1cnnc(NC(=O)N2Cc3ccccc3OC(C)C2)c1. The number of nitrogens with one attached hydrogen (secondary N) is 1. The second kappa shape index (κ2) is 6.01. The van der Waals surface area contributed by atoms with E-state index in [2.05, 4.69) is 15.5 Å². The van der Waals surface area contributed by atoms with Crippen molar-refractivity contribution in [2.45, 2.75) is 26.5 Å². The zero-order valence-corrected chi connectivity index (χ0v) is 12.6. The van der Waals surface area contributed by atoms with Gasteiger partial charge >= 0.3 is 6.03 Å². The van der Waals surface area contributed by atoms with Crippen LogP contribution in [0.2, 0.25) is 0 Å². The molecule has 0 spiro atoms. The van der Waals surface area contributed by atoms with Gasteiger partial charge in [0.2, 0.25) is 0 Å². The molecular weight excluding hydrogens is 280 g/mol. The molecule has 2 heterocycles. The van der Waals surface area contributed by atoms with Gasteiger partial charge in [0.25, 0.3) is 0 Å². The third kappa shape index (κ3) is 3.16. The summed E-state index contributed by atoms with van der Waals surface area (Å²) >= 11 is 0. The zero-order chi connectivity index (χ0) is 15.5. The molecule has 3 rings (SSSR count). The van der Waals surface area contributed by atoms with Crippen LogP contribution in [-0.4, -0.2) is 33.8 Å². The molecule has 0 saturated heterocycles. The van der Waals surface area contributed by atoms with Crippen LogP contribution in [0.1, 0.15) is 18.1 Å². The van der Waals surface area contributed by atoms with E-state index in [1.807, 2.05) is 38.1 Å². The highest BCUT2D eigenvalue weighted by Gasteiger charge is 2.23.